The van der Waals surface area contributed by atoms with Gasteiger partial charge in [0.25, 0.3) is 5.91 Å². The highest BCUT2D eigenvalue weighted by Gasteiger charge is 2.32. The zero-order chi connectivity index (χ0) is 19.3. The summed E-state index contributed by atoms with van der Waals surface area (Å²) in [6.45, 7) is 0.266. The highest BCUT2D eigenvalue weighted by Crippen LogP contribution is 2.41. The predicted octanol–water partition coefficient (Wildman–Crippen LogP) is 4.81. The Hall–Kier alpha value is -3.62. The van der Waals surface area contributed by atoms with Crippen LogP contribution in [0.3, 0.4) is 0 Å². The topological polar surface area (TPSA) is 67.9 Å². The first-order chi connectivity index (χ1) is 13.7. The molecule has 2 aromatic heterocycles. The first-order valence-corrected chi connectivity index (χ1v) is 9.01. The molecule has 0 atom stereocenters. The van der Waals surface area contributed by atoms with Gasteiger partial charge < -0.3 is 4.74 Å². The predicted molar refractivity (Wildman–Crippen MR) is 105 cm³/mol. The van der Waals surface area contributed by atoms with E-state index >= 15 is 0 Å². The second kappa shape index (κ2) is 6.22. The molecule has 0 N–H and O–H groups in total. The van der Waals surface area contributed by atoms with Crippen molar-refractivity contribution in [1.82, 2.24) is 9.55 Å². The van der Waals surface area contributed by atoms with E-state index in [0.29, 0.717) is 38.5 Å². The summed E-state index contributed by atoms with van der Waals surface area (Å²) in [7, 11) is 0. The van der Waals surface area contributed by atoms with Crippen LogP contribution in [-0.4, -0.2) is 15.5 Å². The van der Waals surface area contributed by atoms with Crippen LogP contribution in [0, 0.1) is 11.3 Å². The second-order valence-electron chi connectivity index (χ2n) is 6.49. The van der Waals surface area contributed by atoms with Gasteiger partial charge in [-0.2, -0.15) is 5.26 Å². The van der Waals surface area contributed by atoms with Crippen LogP contribution >= 0.6 is 11.6 Å². The van der Waals surface area contributed by atoms with Gasteiger partial charge in [0.15, 0.2) is 0 Å². The standard InChI is InChI=1S/C22H12ClN3O2/c23-15-6-3-13(4-7-15)12-28-21-16-10-14(11-24)5-8-17(16)25-20-18-2-1-9-26(18)22(27)19(20)21/h1-10H,12H2. The van der Waals surface area contributed by atoms with Crippen LogP contribution in [0.15, 0.2) is 60.8 Å². The molecule has 134 valence electrons. The molecule has 3 heterocycles. The van der Waals surface area contributed by atoms with E-state index in [1.807, 2.05) is 24.3 Å². The van der Waals surface area contributed by atoms with Gasteiger partial charge in [0, 0.05) is 16.6 Å². The molecule has 0 spiro atoms. The van der Waals surface area contributed by atoms with Crippen LogP contribution in [0.1, 0.15) is 21.5 Å². The Morgan fingerprint density at radius 3 is 2.75 bits per heavy atom. The molecule has 0 saturated heterocycles. The Labute approximate surface area is 165 Å². The second-order valence-corrected chi connectivity index (χ2v) is 6.93. The van der Waals surface area contributed by atoms with E-state index in [4.69, 9.17) is 16.3 Å². The minimum absolute atomic E-state index is 0.183. The van der Waals surface area contributed by atoms with Crippen LogP contribution in [0.25, 0.3) is 22.3 Å². The number of fused-ring (bicyclic) bond motifs is 4. The molecular formula is C22H12ClN3O2. The van der Waals surface area contributed by atoms with E-state index in [9.17, 15) is 10.1 Å². The number of nitrogens with zero attached hydrogens (tertiary/aromatic N) is 3. The number of carbonyl (C=O) groups excluding carboxylic acids is 1. The number of rotatable bonds is 3. The summed E-state index contributed by atoms with van der Waals surface area (Å²) in [5.74, 6) is 0.263. The van der Waals surface area contributed by atoms with Crippen molar-refractivity contribution in [3.63, 3.8) is 0 Å². The smallest absolute Gasteiger partial charge is 0.268 e. The Morgan fingerprint density at radius 1 is 1.14 bits per heavy atom. The Kier molecular flexibility index (Phi) is 3.68. The lowest BCUT2D eigenvalue weighted by Gasteiger charge is -2.13. The normalized spacial score (nSPS) is 11.9. The van der Waals surface area contributed by atoms with Crippen molar-refractivity contribution >= 4 is 28.4 Å². The number of ether oxygens (including phenoxy) is 1. The van der Waals surface area contributed by atoms with E-state index in [1.165, 1.54) is 0 Å². The molecule has 0 amide bonds. The lowest BCUT2D eigenvalue weighted by atomic mass is 10.0. The van der Waals surface area contributed by atoms with Crippen LogP contribution in [0.5, 0.6) is 5.75 Å². The molecule has 28 heavy (non-hydrogen) atoms. The summed E-state index contributed by atoms with van der Waals surface area (Å²) in [5, 5.41) is 10.6. The molecule has 1 aliphatic rings. The fourth-order valence-corrected chi connectivity index (χ4v) is 3.57. The number of hydrogen-bond acceptors (Lipinski definition) is 4. The van der Waals surface area contributed by atoms with E-state index in [1.54, 1.807) is 41.1 Å². The molecule has 2 aromatic carbocycles. The molecule has 0 saturated carbocycles. The molecule has 0 fully saturated rings. The molecular weight excluding hydrogens is 374 g/mol. The van der Waals surface area contributed by atoms with Crippen molar-refractivity contribution in [3.05, 3.63) is 82.5 Å². The monoisotopic (exact) mass is 385 g/mol. The average Bonchev–Trinajstić information content (AvgIpc) is 3.30. The largest absolute Gasteiger partial charge is 0.487 e. The number of carbonyl (C=O) groups is 1. The van der Waals surface area contributed by atoms with Crippen LogP contribution in [0.2, 0.25) is 5.02 Å². The number of nitriles is 1. The molecule has 0 unspecified atom stereocenters. The first-order valence-electron chi connectivity index (χ1n) is 8.63. The lowest BCUT2D eigenvalue weighted by molar-refractivity contribution is 0.0965. The molecule has 1 aliphatic heterocycles. The lowest BCUT2D eigenvalue weighted by Crippen LogP contribution is -2.08. The van der Waals surface area contributed by atoms with Crippen molar-refractivity contribution in [2.45, 2.75) is 6.61 Å². The van der Waals surface area contributed by atoms with Gasteiger partial charge in [-0.1, -0.05) is 23.7 Å². The molecule has 4 aromatic rings. The maximum absolute atomic E-state index is 13.0. The molecule has 0 bridgehead atoms. The summed E-state index contributed by atoms with van der Waals surface area (Å²) >= 11 is 5.95. The van der Waals surface area contributed by atoms with Crippen LogP contribution in [-0.2, 0) is 6.61 Å². The summed E-state index contributed by atoms with van der Waals surface area (Å²) in [4.78, 5) is 17.7. The Balaban J connectivity index is 1.69. The molecule has 0 aliphatic carbocycles. The zero-order valence-corrected chi connectivity index (χ0v) is 15.3. The van der Waals surface area contributed by atoms with E-state index < -0.39 is 0 Å². The van der Waals surface area contributed by atoms with Gasteiger partial charge in [0.2, 0.25) is 0 Å². The van der Waals surface area contributed by atoms with Crippen molar-refractivity contribution in [3.8, 4) is 23.2 Å². The maximum Gasteiger partial charge on any atom is 0.268 e. The third kappa shape index (κ3) is 2.47. The molecule has 0 radical (unpaired) electrons. The number of halogens is 1. The van der Waals surface area contributed by atoms with E-state index in [2.05, 4.69) is 11.1 Å². The SMILES string of the molecule is N#Cc1ccc2nc3c(c(OCc4ccc(Cl)cc4)c2c1)C(=O)n1cccc1-3. The van der Waals surface area contributed by atoms with E-state index in [-0.39, 0.29) is 12.5 Å². The highest BCUT2D eigenvalue weighted by atomic mass is 35.5. The van der Waals surface area contributed by atoms with Crippen LogP contribution in [0.4, 0.5) is 0 Å². The minimum atomic E-state index is -0.183. The Morgan fingerprint density at radius 2 is 1.96 bits per heavy atom. The average molecular weight is 386 g/mol. The number of pyridine rings is 1. The van der Waals surface area contributed by atoms with Gasteiger partial charge in [-0.15, -0.1) is 0 Å². The summed E-state index contributed by atoms with van der Waals surface area (Å²) in [6.07, 6.45) is 1.72. The third-order valence-corrected chi connectivity index (χ3v) is 5.04. The molecule has 5 rings (SSSR count). The Bertz CT molecular complexity index is 1300. The maximum atomic E-state index is 13.0. The summed E-state index contributed by atoms with van der Waals surface area (Å²) in [6, 6.07) is 18.3. The van der Waals surface area contributed by atoms with Gasteiger partial charge in [-0.25, -0.2) is 4.98 Å². The van der Waals surface area contributed by atoms with Crippen molar-refractivity contribution in [1.29, 1.82) is 5.26 Å². The third-order valence-electron chi connectivity index (χ3n) is 4.79. The summed E-state index contributed by atoms with van der Waals surface area (Å²) in [5.41, 5.74) is 3.83. The highest BCUT2D eigenvalue weighted by molar-refractivity contribution is 6.30. The quantitative estimate of drug-likeness (QED) is 0.447. The van der Waals surface area contributed by atoms with Crippen molar-refractivity contribution < 1.29 is 9.53 Å². The van der Waals surface area contributed by atoms with Gasteiger partial charge in [-0.05, 0) is 48.0 Å². The first kappa shape index (κ1) is 16.5. The minimum Gasteiger partial charge on any atom is -0.487 e. The fraction of sp³-hybridized carbons (Fsp3) is 0.0455. The van der Waals surface area contributed by atoms with Gasteiger partial charge in [0.1, 0.15) is 23.6 Å². The van der Waals surface area contributed by atoms with Crippen molar-refractivity contribution in [2.75, 3.05) is 0 Å². The number of benzene rings is 2. The zero-order valence-electron chi connectivity index (χ0n) is 14.5. The summed E-state index contributed by atoms with van der Waals surface area (Å²) < 4.78 is 7.70. The van der Waals surface area contributed by atoms with Gasteiger partial charge >= 0.3 is 0 Å². The van der Waals surface area contributed by atoms with E-state index in [0.717, 1.165) is 11.3 Å². The fourth-order valence-electron chi connectivity index (χ4n) is 3.44. The molecule has 6 heteroatoms. The van der Waals surface area contributed by atoms with Crippen LogP contribution < -0.4 is 4.74 Å². The van der Waals surface area contributed by atoms with Crippen molar-refractivity contribution in [2.24, 2.45) is 0 Å². The molecule has 5 nitrogen and oxygen atoms in total. The van der Waals surface area contributed by atoms with Gasteiger partial charge in [0.05, 0.1) is 22.8 Å². The number of aromatic nitrogens is 2. The number of hydrogen-bond donors (Lipinski definition) is 0. The van der Waals surface area contributed by atoms with Gasteiger partial charge in [-0.3, -0.25) is 9.36 Å².